The summed E-state index contributed by atoms with van der Waals surface area (Å²) in [7, 11) is 1.63. The Kier molecular flexibility index (Phi) is 4.61. The zero-order valence-electron chi connectivity index (χ0n) is 13.7. The Morgan fingerprint density at radius 3 is 2.62 bits per heavy atom. The lowest BCUT2D eigenvalue weighted by Gasteiger charge is -2.08. The van der Waals surface area contributed by atoms with Gasteiger partial charge >= 0.3 is 0 Å². The van der Waals surface area contributed by atoms with Crippen LogP contribution in [0.25, 0.3) is 5.69 Å². The standard InChI is InChI=1S/C19H19N3O2/c1-14-10-11-21-22(14)17-8-6-16(7-9-17)19(23)20-13-15-4-3-5-18(12-15)24-2/h3-12H,13H2,1-2H3,(H,20,23). The van der Waals surface area contributed by atoms with E-state index in [2.05, 4.69) is 10.4 Å². The van der Waals surface area contributed by atoms with E-state index >= 15 is 0 Å². The van der Waals surface area contributed by atoms with Gasteiger partial charge in [-0.05, 0) is 55.0 Å². The Hall–Kier alpha value is -3.08. The van der Waals surface area contributed by atoms with Crippen molar-refractivity contribution in [2.45, 2.75) is 13.5 Å². The van der Waals surface area contributed by atoms with Gasteiger partial charge in [0.2, 0.25) is 0 Å². The molecule has 0 saturated heterocycles. The molecule has 2 aromatic carbocycles. The molecule has 24 heavy (non-hydrogen) atoms. The number of ether oxygens (including phenoxy) is 1. The van der Waals surface area contributed by atoms with Crippen molar-refractivity contribution in [3.63, 3.8) is 0 Å². The quantitative estimate of drug-likeness (QED) is 0.785. The van der Waals surface area contributed by atoms with Gasteiger partial charge in [0.15, 0.2) is 0 Å². The average molecular weight is 321 g/mol. The lowest BCUT2D eigenvalue weighted by atomic mass is 10.1. The fourth-order valence-electron chi connectivity index (χ4n) is 2.46. The molecule has 3 aromatic rings. The van der Waals surface area contributed by atoms with Gasteiger partial charge in [-0.1, -0.05) is 12.1 Å². The third-order valence-corrected chi connectivity index (χ3v) is 3.79. The zero-order valence-corrected chi connectivity index (χ0v) is 13.7. The minimum atomic E-state index is -0.110. The van der Waals surface area contributed by atoms with Crippen molar-refractivity contribution in [3.8, 4) is 11.4 Å². The Morgan fingerprint density at radius 2 is 1.96 bits per heavy atom. The fraction of sp³-hybridized carbons (Fsp3) is 0.158. The van der Waals surface area contributed by atoms with Gasteiger partial charge in [0.1, 0.15) is 5.75 Å². The first-order valence-corrected chi connectivity index (χ1v) is 7.69. The van der Waals surface area contributed by atoms with Gasteiger partial charge in [-0.15, -0.1) is 0 Å². The Labute approximate surface area is 140 Å². The second-order valence-electron chi connectivity index (χ2n) is 5.47. The van der Waals surface area contributed by atoms with Crippen molar-refractivity contribution in [1.29, 1.82) is 0 Å². The number of amides is 1. The molecule has 122 valence electrons. The number of hydrogen-bond acceptors (Lipinski definition) is 3. The number of nitrogens with zero attached hydrogens (tertiary/aromatic N) is 2. The molecule has 1 aromatic heterocycles. The van der Waals surface area contributed by atoms with Gasteiger partial charge in [-0.2, -0.15) is 5.10 Å². The van der Waals surface area contributed by atoms with Crippen molar-refractivity contribution >= 4 is 5.91 Å². The van der Waals surface area contributed by atoms with Crippen molar-refractivity contribution in [2.24, 2.45) is 0 Å². The number of carbonyl (C=O) groups is 1. The number of hydrogen-bond donors (Lipinski definition) is 1. The third-order valence-electron chi connectivity index (χ3n) is 3.79. The molecule has 0 atom stereocenters. The third kappa shape index (κ3) is 3.46. The van der Waals surface area contributed by atoms with Crippen LogP contribution in [-0.2, 0) is 6.54 Å². The van der Waals surface area contributed by atoms with Crippen LogP contribution in [0.2, 0.25) is 0 Å². The van der Waals surface area contributed by atoms with E-state index in [-0.39, 0.29) is 5.91 Å². The van der Waals surface area contributed by atoms with E-state index in [0.717, 1.165) is 22.7 Å². The van der Waals surface area contributed by atoms with Gasteiger partial charge in [0.05, 0.1) is 12.8 Å². The molecule has 0 saturated carbocycles. The normalized spacial score (nSPS) is 10.4. The number of nitrogens with one attached hydrogen (secondary N) is 1. The molecule has 3 rings (SSSR count). The summed E-state index contributed by atoms with van der Waals surface area (Å²) in [6.07, 6.45) is 1.75. The second-order valence-corrected chi connectivity index (χ2v) is 5.47. The highest BCUT2D eigenvalue weighted by atomic mass is 16.5. The summed E-state index contributed by atoms with van der Waals surface area (Å²) >= 11 is 0. The number of rotatable bonds is 5. The van der Waals surface area contributed by atoms with E-state index < -0.39 is 0 Å². The second kappa shape index (κ2) is 7.00. The lowest BCUT2D eigenvalue weighted by molar-refractivity contribution is 0.0951. The van der Waals surface area contributed by atoms with Crippen LogP contribution in [0, 0.1) is 6.92 Å². The van der Waals surface area contributed by atoms with Crippen molar-refractivity contribution in [3.05, 3.63) is 77.6 Å². The molecule has 0 spiro atoms. The van der Waals surface area contributed by atoms with Crippen LogP contribution in [0.4, 0.5) is 0 Å². The number of methoxy groups -OCH3 is 1. The van der Waals surface area contributed by atoms with Crippen LogP contribution in [-0.4, -0.2) is 22.8 Å². The molecule has 5 nitrogen and oxygen atoms in total. The molecule has 0 aliphatic heterocycles. The van der Waals surface area contributed by atoms with E-state index in [4.69, 9.17) is 4.74 Å². The first kappa shape index (κ1) is 15.8. The maximum Gasteiger partial charge on any atom is 0.251 e. The van der Waals surface area contributed by atoms with Crippen LogP contribution in [0.1, 0.15) is 21.6 Å². The van der Waals surface area contributed by atoms with Crippen molar-refractivity contribution in [2.75, 3.05) is 7.11 Å². The van der Waals surface area contributed by atoms with Crippen LogP contribution >= 0.6 is 0 Å². The van der Waals surface area contributed by atoms with Gasteiger partial charge in [0, 0.05) is 24.0 Å². The summed E-state index contributed by atoms with van der Waals surface area (Å²) < 4.78 is 7.01. The molecular weight excluding hydrogens is 302 g/mol. The summed E-state index contributed by atoms with van der Waals surface area (Å²) in [5.41, 5.74) is 3.59. The van der Waals surface area contributed by atoms with Gasteiger partial charge in [-0.3, -0.25) is 4.79 Å². The topological polar surface area (TPSA) is 56.1 Å². The summed E-state index contributed by atoms with van der Waals surface area (Å²) in [5, 5.41) is 7.17. The monoisotopic (exact) mass is 321 g/mol. The SMILES string of the molecule is COc1cccc(CNC(=O)c2ccc(-n3nccc3C)cc2)c1. The first-order valence-electron chi connectivity index (χ1n) is 7.69. The molecule has 0 radical (unpaired) electrons. The summed E-state index contributed by atoms with van der Waals surface area (Å²) in [6, 6.07) is 17.0. The number of carbonyl (C=O) groups excluding carboxylic acids is 1. The lowest BCUT2D eigenvalue weighted by Crippen LogP contribution is -2.22. The average Bonchev–Trinajstić information content (AvgIpc) is 3.06. The number of aromatic nitrogens is 2. The molecule has 0 bridgehead atoms. The van der Waals surface area contributed by atoms with Crippen LogP contribution in [0.3, 0.4) is 0 Å². The van der Waals surface area contributed by atoms with Gasteiger partial charge < -0.3 is 10.1 Å². The molecule has 1 heterocycles. The largest absolute Gasteiger partial charge is 0.497 e. The van der Waals surface area contributed by atoms with E-state index in [0.29, 0.717) is 12.1 Å². The predicted molar refractivity (Wildman–Crippen MR) is 92.5 cm³/mol. The van der Waals surface area contributed by atoms with Crippen LogP contribution in [0.5, 0.6) is 5.75 Å². The van der Waals surface area contributed by atoms with Gasteiger partial charge in [0.25, 0.3) is 5.91 Å². The highest BCUT2D eigenvalue weighted by Gasteiger charge is 2.07. The molecule has 0 aliphatic rings. The summed E-state index contributed by atoms with van der Waals surface area (Å²) in [6.45, 7) is 2.44. The van der Waals surface area contributed by atoms with E-state index in [9.17, 15) is 4.79 Å². The molecular formula is C19H19N3O2. The summed E-state index contributed by atoms with van der Waals surface area (Å²) in [5.74, 6) is 0.669. The maximum absolute atomic E-state index is 12.3. The Balaban J connectivity index is 1.66. The minimum Gasteiger partial charge on any atom is -0.497 e. The van der Waals surface area contributed by atoms with Gasteiger partial charge in [-0.25, -0.2) is 4.68 Å². The smallest absolute Gasteiger partial charge is 0.251 e. The predicted octanol–water partition coefficient (Wildman–Crippen LogP) is 3.12. The first-order chi connectivity index (χ1) is 11.7. The molecule has 0 aliphatic carbocycles. The number of benzene rings is 2. The fourth-order valence-corrected chi connectivity index (χ4v) is 2.46. The molecule has 0 unspecified atom stereocenters. The molecule has 5 heteroatoms. The number of aryl methyl sites for hydroxylation is 1. The maximum atomic E-state index is 12.3. The Bertz CT molecular complexity index is 838. The summed E-state index contributed by atoms with van der Waals surface area (Å²) in [4.78, 5) is 12.3. The molecule has 1 amide bonds. The highest BCUT2D eigenvalue weighted by Crippen LogP contribution is 2.13. The van der Waals surface area contributed by atoms with Crippen molar-refractivity contribution < 1.29 is 9.53 Å². The Morgan fingerprint density at radius 1 is 1.17 bits per heavy atom. The molecule has 1 N–H and O–H groups in total. The van der Waals surface area contributed by atoms with Crippen LogP contribution in [0.15, 0.2) is 60.8 Å². The van der Waals surface area contributed by atoms with E-state index in [1.165, 1.54) is 0 Å². The molecule has 0 fully saturated rings. The highest BCUT2D eigenvalue weighted by molar-refractivity contribution is 5.94. The zero-order chi connectivity index (χ0) is 16.9. The minimum absolute atomic E-state index is 0.110. The van der Waals surface area contributed by atoms with E-state index in [1.54, 1.807) is 25.4 Å². The van der Waals surface area contributed by atoms with Crippen molar-refractivity contribution in [1.82, 2.24) is 15.1 Å². The van der Waals surface area contributed by atoms with Crippen LogP contribution < -0.4 is 10.1 Å². The van der Waals surface area contributed by atoms with E-state index in [1.807, 2.05) is 54.1 Å².